The number of likely N-dealkylation sites (tertiary alicyclic amines) is 1. The zero-order valence-electron chi connectivity index (χ0n) is 12.0. The molecule has 112 valence electrons. The Morgan fingerprint density at radius 1 is 1.45 bits per heavy atom. The highest BCUT2D eigenvalue weighted by Crippen LogP contribution is 2.32. The maximum atomic E-state index is 12.2. The zero-order valence-corrected chi connectivity index (χ0v) is 12.0. The molecule has 1 aliphatic carbocycles. The van der Waals surface area contributed by atoms with E-state index in [2.05, 4.69) is 5.32 Å². The molecule has 2 fully saturated rings. The van der Waals surface area contributed by atoms with Gasteiger partial charge in [-0.2, -0.15) is 0 Å². The number of amides is 2. The molecule has 0 bridgehead atoms. The fourth-order valence-electron chi connectivity index (χ4n) is 2.60. The van der Waals surface area contributed by atoms with Crippen molar-refractivity contribution >= 4 is 17.8 Å². The van der Waals surface area contributed by atoms with E-state index in [4.69, 9.17) is 0 Å². The minimum Gasteiger partial charge on any atom is -0.480 e. The molecule has 2 N–H and O–H groups in total. The van der Waals surface area contributed by atoms with Crippen molar-refractivity contribution in [1.82, 2.24) is 10.2 Å². The summed E-state index contributed by atoms with van der Waals surface area (Å²) in [4.78, 5) is 36.9. The predicted molar refractivity (Wildman–Crippen MR) is 71.9 cm³/mol. The van der Waals surface area contributed by atoms with Crippen molar-refractivity contribution in [1.29, 1.82) is 0 Å². The van der Waals surface area contributed by atoms with Crippen molar-refractivity contribution in [2.45, 2.75) is 51.6 Å². The Balaban J connectivity index is 1.94. The maximum absolute atomic E-state index is 12.2. The van der Waals surface area contributed by atoms with Crippen molar-refractivity contribution in [2.75, 3.05) is 6.54 Å². The molecule has 0 aromatic heterocycles. The van der Waals surface area contributed by atoms with Crippen LogP contribution in [-0.4, -0.2) is 46.4 Å². The van der Waals surface area contributed by atoms with Crippen LogP contribution in [0.3, 0.4) is 0 Å². The molecule has 2 amide bonds. The lowest BCUT2D eigenvalue weighted by Gasteiger charge is -2.22. The molecule has 0 aromatic rings. The average molecular weight is 282 g/mol. The van der Waals surface area contributed by atoms with E-state index < -0.39 is 17.9 Å². The first-order chi connectivity index (χ1) is 9.43. The van der Waals surface area contributed by atoms with Gasteiger partial charge in [0.2, 0.25) is 11.8 Å². The van der Waals surface area contributed by atoms with Gasteiger partial charge >= 0.3 is 5.97 Å². The number of aliphatic carboxylic acids is 1. The SMILES string of the molecule is CCC(C)C(NC(=O)C1CC(=O)N(C2CC2)C1)C(=O)O. The third-order valence-electron chi connectivity index (χ3n) is 4.29. The quantitative estimate of drug-likeness (QED) is 0.747. The molecule has 2 rings (SSSR count). The van der Waals surface area contributed by atoms with Gasteiger partial charge in [0.25, 0.3) is 0 Å². The van der Waals surface area contributed by atoms with Crippen LogP contribution in [0.1, 0.15) is 39.5 Å². The summed E-state index contributed by atoms with van der Waals surface area (Å²) in [6, 6.07) is -0.567. The van der Waals surface area contributed by atoms with Crippen LogP contribution in [0.25, 0.3) is 0 Å². The van der Waals surface area contributed by atoms with Gasteiger partial charge in [0.15, 0.2) is 0 Å². The van der Waals surface area contributed by atoms with E-state index in [1.807, 2.05) is 6.92 Å². The molecule has 20 heavy (non-hydrogen) atoms. The topological polar surface area (TPSA) is 86.7 Å². The molecule has 3 atom stereocenters. The summed E-state index contributed by atoms with van der Waals surface area (Å²) in [5, 5.41) is 11.8. The molecule has 6 nitrogen and oxygen atoms in total. The van der Waals surface area contributed by atoms with E-state index in [0.717, 1.165) is 12.8 Å². The van der Waals surface area contributed by atoms with E-state index in [-0.39, 0.29) is 24.2 Å². The normalized spacial score (nSPS) is 25.4. The van der Waals surface area contributed by atoms with Gasteiger partial charge in [0, 0.05) is 19.0 Å². The summed E-state index contributed by atoms with van der Waals surface area (Å²) in [6.07, 6.45) is 2.92. The summed E-state index contributed by atoms with van der Waals surface area (Å²) in [5.41, 5.74) is 0. The van der Waals surface area contributed by atoms with E-state index in [1.165, 1.54) is 0 Å². The fourth-order valence-corrected chi connectivity index (χ4v) is 2.60. The fraction of sp³-hybridized carbons (Fsp3) is 0.786. The van der Waals surface area contributed by atoms with Gasteiger partial charge in [-0.15, -0.1) is 0 Å². The largest absolute Gasteiger partial charge is 0.480 e. The Morgan fingerprint density at radius 2 is 2.10 bits per heavy atom. The standard InChI is InChI=1S/C14H22N2O4/c1-3-8(2)12(14(19)20)15-13(18)9-6-11(17)16(7-9)10-4-5-10/h8-10,12H,3-7H2,1-2H3,(H,15,18)(H,19,20). The van der Waals surface area contributed by atoms with Crippen LogP contribution in [0.4, 0.5) is 0 Å². The molecule has 3 unspecified atom stereocenters. The Hall–Kier alpha value is -1.59. The van der Waals surface area contributed by atoms with Gasteiger partial charge in [0.1, 0.15) is 6.04 Å². The van der Waals surface area contributed by atoms with Gasteiger partial charge in [0.05, 0.1) is 5.92 Å². The van der Waals surface area contributed by atoms with E-state index in [9.17, 15) is 19.5 Å². The number of carbonyl (C=O) groups excluding carboxylic acids is 2. The molecule has 1 aliphatic heterocycles. The minimum atomic E-state index is -1.02. The van der Waals surface area contributed by atoms with Crippen LogP contribution in [-0.2, 0) is 14.4 Å². The van der Waals surface area contributed by atoms with E-state index in [1.54, 1.807) is 11.8 Å². The van der Waals surface area contributed by atoms with Gasteiger partial charge in [-0.25, -0.2) is 4.79 Å². The first-order valence-electron chi connectivity index (χ1n) is 7.26. The molecule has 6 heteroatoms. The van der Waals surface area contributed by atoms with Crippen molar-refractivity contribution < 1.29 is 19.5 Å². The first kappa shape index (κ1) is 14.8. The van der Waals surface area contributed by atoms with Gasteiger partial charge < -0.3 is 15.3 Å². The molecule has 1 heterocycles. The number of nitrogens with one attached hydrogen (secondary N) is 1. The van der Waals surface area contributed by atoms with Crippen LogP contribution < -0.4 is 5.32 Å². The van der Waals surface area contributed by atoms with Crippen molar-refractivity contribution in [3.8, 4) is 0 Å². The lowest BCUT2D eigenvalue weighted by atomic mass is 9.98. The highest BCUT2D eigenvalue weighted by molar-refractivity contribution is 5.91. The number of rotatable bonds is 6. The second-order valence-electron chi connectivity index (χ2n) is 5.89. The second-order valence-corrected chi connectivity index (χ2v) is 5.89. The van der Waals surface area contributed by atoms with Crippen molar-refractivity contribution in [3.05, 3.63) is 0 Å². The summed E-state index contributed by atoms with van der Waals surface area (Å²) in [5.74, 6) is -1.85. The molecule has 0 spiro atoms. The molecule has 1 saturated heterocycles. The van der Waals surface area contributed by atoms with E-state index >= 15 is 0 Å². The minimum absolute atomic E-state index is 0.0167. The summed E-state index contributed by atoms with van der Waals surface area (Å²) in [6.45, 7) is 4.12. The number of carbonyl (C=O) groups is 3. The molecular weight excluding hydrogens is 260 g/mol. The van der Waals surface area contributed by atoms with Crippen LogP contribution in [0.5, 0.6) is 0 Å². The van der Waals surface area contributed by atoms with E-state index in [0.29, 0.717) is 19.0 Å². The highest BCUT2D eigenvalue weighted by Gasteiger charge is 2.42. The molecule has 2 aliphatic rings. The Kier molecular flexibility index (Phi) is 4.30. The van der Waals surface area contributed by atoms with Crippen LogP contribution in [0.2, 0.25) is 0 Å². The summed E-state index contributed by atoms with van der Waals surface area (Å²) < 4.78 is 0. The molecular formula is C14H22N2O4. The third kappa shape index (κ3) is 3.11. The molecule has 0 aromatic carbocycles. The first-order valence-corrected chi connectivity index (χ1v) is 7.26. The van der Waals surface area contributed by atoms with Crippen molar-refractivity contribution in [3.63, 3.8) is 0 Å². The maximum Gasteiger partial charge on any atom is 0.326 e. The van der Waals surface area contributed by atoms with Gasteiger partial charge in [-0.3, -0.25) is 9.59 Å². The number of nitrogens with zero attached hydrogens (tertiary/aromatic N) is 1. The average Bonchev–Trinajstić information content (AvgIpc) is 3.17. The second kappa shape index (κ2) is 5.81. The van der Waals surface area contributed by atoms with Crippen molar-refractivity contribution in [2.24, 2.45) is 11.8 Å². The lowest BCUT2D eigenvalue weighted by Crippen LogP contribution is -2.47. The number of hydrogen-bond donors (Lipinski definition) is 2. The highest BCUT2D eigenvalue weighted by atomic mass is 16.4. The Morgan fingerprint density at radius 3 is 2.60 bits per heavy atom. The predicted octanol–water partition coefficient (Wildman–Crippen LogP) is 0.613. The monoisotopic (exact) mass is 282 g/mol. The smallest absolute Gasteiger partial charge is 0.326 e. The van der Waals surface area contributed by atoms with Crippen LogP contribution in [0.15, 0.2) is 0 Å². The Bertz CT molecular complexity index is 419. The molecule has 1 saturated carbocycles. The van der Waals surface area contributed by atoms with Crippen LogP contribution in [0, 0.1) is 11.8 Å². The van der Waals surface area contributed by atoms with Gasteiger partial charge in [-0.1, -0.05) is 20.3 Å². The Labute approximate surface area is 118 Å². The lowest BCUT2D eigenvalue weighted by molar-refractivity contribution is -0.143. The zero-order chi connectivity index (χ0) is 14.9. The molecule has 0 radical (unpaired) electrons. The summed E-state index contributed by atoms with van der Waals surface area (Å²) >= 11 is 0. The number of carboxylic acid groups (broad SMARTS) is 1. The number of carboxylic acids is 1. The number of hydrogen-bond acceptors (Lipinski definition) is 3. The summed E-state index contributed by atoms with van der Waals surface area (Å²) in [7, 11) is 0. The van der Waals surface area contributed by atoms with Gasteiger partial charge in [-0.05, 0) is 18.8 Å². The van der Waals surface area contributed by atoms with Crippen LogP contribution >= 0.6 is 0 Å². The third-order valence-corrected chi connectivity index (χ3v) is 4.29.